The fraction of sp³-hybridized carbons (Fsp3) is 0.312. The molecule has 0 saturated carbocycles. The average Bonchev–Trinajstić information content (AvgIpc) is 2.84. The van der Waals surface area contributed by atoms with E-state index in [1.807, 2.05) is 24.6 Å². The minimum Gasteiger partial charge on any atom is -0.486 e. The summed E-state index contributed by atoms with van der Waals surface area (Å²) in [6, 6.07) is 6.08. The molecule has 0 amide bonds. The highest BCUT2D eigenvalue weighted by molar-refractivity contribution is 5.46. The maximum Gasteiger partial charge on any atom is 0.138 e. The maximum absolute atomic E-state index is 13.3. The van der Waals surface area contributed by atoms with Crippen LogP contribution < -0.4 is 4.74 Å². The fourth-order valence-corrected chi connectivity index (χ4v) is 1.99. The van der Waals surface area contributed by atoms with Crippen LogP contribution in [0.15, 0.2) is 24.3 Å². The van der Waals surface area contributed by atoms with Crippen molar-refractivity contribution in [2.24, 2.45) is 0 Å². The van der Waals surface area contributed by atoms with Crippen molar-refractivity contribution < 1.29 is 14.2 Å². The topological polar surface area (TPSA) is 47.3 Å². The van der Waals surface area contributed by atoms with Gasteiger partial charge in [0.05, 0.1) is 17.0 Å². The van der Waals surface area contributed by atoms with Gasteiger partial charge in [-0.1, -0.05) is 11.8 Å². The third-order valence-electron chi connectivity index (χ3n) is 2.91. The first kappa shape index (κ1) is 15.1. The number of aromatic nitrogens is 2. The molecule has 1 heterocycles. The van der Waals surface area contributed by atoms with Crippen LogP contribution in [0.4, 0.5) is 4.39 Å². The molecule has 0 spiro atoms. The minimum atomic E-state index is -0.389. The first-order chi connectivity index (χ1) is 10.1. The molecule has 0 radical (unpaired) electrons. The van der Waals surface area contributed by atoms with E-state index < -0.39 is 0 Å². The second-order valence-electron chi connectivity index (χ2n) is 4.48. The average molecular weight is 288 g/mol. The normalized spacial score (nSPS) is 10.1. The molecule has 0 aliphatic rings. The second kappa shape index (κ2) is 6.91. The molecule has 1 aromatic carbocycles. The quantitative estimate of drug-likeness (QED) is 0.878. The summed E-state index contributed by atoms with van der Waals surface area (Å²) >= 11 is 0. The van der Waals surface area contributed by atoms with Gasteiger partial charge >= 0.3 is 0 Å². The van der Waals surface area contributed by atoms with Crippen molar-refractivity contribution in [1.82, 2.24) is 9.78 Å². The third-order valence-corrected chi connectivity index (χ3v) is 2.91. The molecule has 0 atom stereocenters. The van der Waals surface area contributed by atoms with Crippen molar-refractivity contribution in [3.8, 4) is 17.6 Å². The summed E-state index contributed by atoms with van der Waals surface area (Å²) in [5, 5.41) is 13.1. The van der Waals surface area contributed by atoms with E-state index in [-0.39, 0.29) is 19.0 Å². The molecule has 0 fully saturated rings. The fourth-order valence-electron chi connectivity index (χ4n) is 1.99. The summed E-state index contributed by atoms with van der Waals surface area (Å²) in [5.41, 5.74) is 2.38. The minimum absolute atomic E-state index is 0.251. The first-order valence-electron chi connectivity index (χ1n) is 6.69. The molecule has 1 aromatic heterocycles. The van der Waals surface area contributed by atoms with Gasteiger partial charge in [-0.3, -0.25) is 4.68 Å². The number of rotatable bonds is 4. The van der Waals surface area contributed by atoms with Gasteiger partial charge in [-0.05, 0) is 32.0 Å². The van der Waals surface area contributed by atoms with Gasteiger partial charge in [0, 0.05) is 12.6 Å². The van der Waals surface area contributed by atoms with Gasteiger partial charge in [-0.15, -0.1) is 0 Å². The zero-order valence-corrected chi connectivity index (χ0v) is 12.1. The van der Waals surface area contributed by atoms with Crippen LogP contribution in [0, 0.1) is 24.6 Å². The highest BCUT2D eigenvalue weighted by Gasteiger charge is 2.08. The molecule has 0 aliphatic carbocycles. The largest absolute Gasteiger partial charge is 0.486 e. The van der Waals surface area contributed by atoms with Crippen molar-refractivity contribution in [1.29, 1.82) is 0 Å². The van der Waals surface area contributed by atoms with Crippen LogP contribution in [0.1, 0.15) is 23.9 Å². The van der Waals surface area contributed by atoms with E-state index in [0.717, 1.165) is 17.9 Å². The third kappa shape index (κ3) is 3.83. The number of ether oxygens (including phenoxy) is 1. The number of hydrogen-bond acceptors (Lipinski definition) is 3. The predicted molar refractivity (Wildman–Crippen MR) is 77.3 cm³/mol. The van der Waals surface area contributed by atoms with Crippen LogP contribution in [-0.4, -0.2) is 21.5 Å². The number of nitrogens with zero attached hydrogens (tertiary/aromatic N) is 2. The summed E-state index contributed by atoms with van der Waals surface area (Å²) in [6.45, 7) is 4.68. The zero-order chi connectivity index (χ0) is 15.2. The Kier molecular flexibility index (Phi) is 4.96. The van der Waals surface area contributed by atoms with E-state index in [2.05, 4.69) is 16.9 Å². The van der Waals surface area contributed by atoms with Crippen LogP contribution >= 0.6 is 0 Å². The van der Waals surface area contributed by atoms with E-state index in [1.165, 1.54) is 18.2 Å². The van der Waals surface area contributed by atoms with E-state index in [0.29, 0.717) is 11.3 Å². The molecule has 5 heteroatoms. The van der Waals surface area contributed by atoms with Crippen molar-refractivity contribution >= 4 is 0 Å². The Morgan fingerprint density at radius 3 is 2.90 bits per heavy atom. The zero-order valence-electron chi connectivity index (χ0n) is 12.1. The van der Waals surface area contributed by atoms with Crippen molar-refractivity contribution in [2.75, 3.05) is 6.61 Å². The molecule has 2 aromatic rings. The van der Waals surface area contributed by atoms with Crippen LogP contribution in [0.25, 0.3) is 0 Å². The van der Waals surface area contributed by atoms with E-state index in [9.17, 15) is 4.39 Å². The van der Waals surface area contributed by atoms with Gasteiger partial charge < -0.3 is 9.84 Å². The standard InChI is InChI=1S/C16H17FN2O2/c1-3-19-15(9-12(2)18-19)11-21-16-10-14(17)7-6-13(16)5-4-8-20/h6-7,9-10,20H,3,8,11H2,1-2H3. The van der Waals surface area contributed by atoms with Gasteiger partial charge in [0.25, 0.3) is 0 Å². The lowest BCUT2D eigenvalue weighted by Gasteiger charge is -2.09. The molecule has 0 saturated heterocycles. The lowest BCUT2D eigenvalue weighted by molar-refractivity contribution is 0.290. The van der Waals surface area contributed by atoms with Crippen LogP contribution in [0.5, 0.6) is 5.75 Å². The van der Waals surface area contributed by atoms with E-state index >= 15 is 0 Å². The highest BCUT2D eigenvalue weighted by Crippen LogP contribution is 2.20. The molecule has 4 nitrogen and oxygen atoms in total. The smallest absolute Gasteiger partial charge is 0.138 e. The predicted octanol–water partition coefficient (Wildman–Crippen LogP) is 2.27. The molecule has 0 aliphatic heterocycles. The number of aliphatic hydroxyl groups excluding tert-OH is 1. The first-order valence-corrected chi connectivity index (χ1v) is 6.69. The number of aliphatic hydroxyl groups is 1. The lowest BCUT2D eigenvalue weighted by atomic mass is 10.2. The Balaban J connectivity index is 2.20. The van der Waals surface area contributed by atoms with Gasteiger partial charge in [0.15, 0.2) is 0 Å². The molecule has 110 valence electrons. The monoisotopic (exact) mass is 288 g/mol. The van der Waals surface area contributed by atoms with Crippen LogP contribution in [0.3, 0.4) is 0 Å². The molecule has 0 unspecified atom stereocenters. The van der Waals surface area contributed by atoms with Gasteiger partial charge in [-0.25, -0.2) is 4.39 Å². The number of halogens is 1. The Hall–Kier alpha value is -2.32. The van der Waals surface area contributed by atoms with E-state index in [1.54, 1.807) is 0 Å². The van der Waals surface area contributed by atoms with Gasteiger partial charge in [0.2, 0.25) is 0 Å². The summed E-state index contributed by atoms with van der Waals surface area (Å²) in [5.74, 6) is 5.25. The molecular formula is C16H17FN2O2. The molecular weight excluding hydrogens is 271 g/mol. The lowest BCUT2D eigenvalue weighted by Crippen LogP contribution is -2.06. The Labute approximate surface area is 123 Å². The molecule has 0 bridgehead atoms. The number of hydrogen-bond donors (Lipinski definition) is 1. The van der Waals surface area contributed by atoms with Crippen molar-refractivity contribution in [2.45, 2.75) is 27.0 Å². The Bertz CT molecular complexity index is 683. The summed E-state index contributed by atoms with van der Waals surface area (Å²) in [6.07, 6.45) is 0. The van der Waals surface area contributed by atoms with Gasteiger partial charge in [0.1, 0.15) is 24.8 Å². The SMILES string of the molecule is CCn1nc(C)cc1COc1cc(F)ccc1C#CCO. The molecule has 1 N–H and O–H groups in total. The summed E-state index contributed by atoms with van der Waals surface area (Å²) < 4.78 is 20.9. The van der Waals surface area contributed by atoms with E-state index in [4.69, 9.17) is 9.84 Å². The summed E-state index contributed by atoms with van der Waals surface area (Å²) in [7, 11) is 0. The molecule has 21 heavy (non-hydrogen) atoms. The highest BCUT2D eigenvalue weighted by atomic mass is 19.1. The molecule has 2 rings (SSSR count). The Morgan fingerprint density at radius 2 is 2.19 bits per heavy atom. The maximum atomic E-state index is 13.3. The Morgan fingerprint density at radius 1 is 1.38 bits per heavy atom. The van der Waals surface area contributed by atoms with Crippen molar-refractivity contribution in [3.05, 3.63) is 47.0 Å². The van der Waals surface area contributed by atoms with Gasteiger partial charge in [-0.2, -0.15) is 5.10 Å². The number of benzene rings is 1. The second-order valence-corrected chi connectivity index (χ2v) is 4.48. The number of aryl methyl sites for hydroxylation is 2. The van der Waals surface area contributed by atoms with Crippen LogP contribution in [-0.2, 0) is 13.2 Å². The van der Waals surface area contributed by atoms with Crippen molar-refractivity contribution in [3.63, 3.8) is 0 Å². The van der Waals surface area contributed by atoms with Crippen LogP contribution in [0.2, 0.25) is 0 Å². The summed E-state index contributed by atoms with van der Waals surface area (Å²) in [4.78, 5) is 0.